The monoisotopic (exact) mass is 359 g/mol. The summed E-state index contributed by atoms with van der Waals surface area (Å²) < 4.78 is 3.26. The van der Waals surface area contributed by atoms with E-state index < -0.39 is 0 Å². The number of hydrogen-bond donors (Lipinski definition) is 1. The first-order valence-corrected chi connectivity index (χ1v) is 9.50. The molecule has 1 aliphatic carbocycles. The fourth-order valence-corrected chi connectivity index (χ4v) is 3.63. The molecule has 0 bridgehead atoms. The predicted octanol–water partition coefficient (Wildman–Crippen LogP) is 2.43. The molecule has 1 amide bonds. The Labute approximate surface area is 153 Å². The highest BCUT2D eigenvalue weighted by molar-refractivity contribution is 5.76. The maximum Gasteiger partial charge on any atom is 0.264 e. The van der Waals surface area contributed by atoms with E-state index in [9.17, 15) is 9.59 Å². The number of rotatable bonds is 4. The van der Waals surface area contributed by atoms with Crippen molar-refractivity contribution in [2.75, 3.05) is 0 Å². The quantitative estimate of drug-likeness (QED) is 0.909. The Morgan fingerprint density at radius 1 is 1.31 bits per heavy atom. The van der Waals surface area contributed by atoms with Crippen LogP contribution in [0.1, 0.15) is 59.8 Å². The molecule has 2 heterocycles. The molecule has 1 fully saturated rings. The van der Waals surface area contributed by atoms with Gasteiger partial charge in [0.05, 0.1) is 18.1 Å². The first-order valence-electron chi connectivity index (χ1n) is 9.50. The number of nitrogens with zero attached hydrogens (tertiary/aromatic N) is 4. The Bertz CT molecular complexity index is 846. The van der Waals surface area contributed by atoms with Gasteiger partial charge in [-0.05, 0) is 39.5 Å². The van der Waals surface area contributed by atoms with Gasteiger partial charge in [0, 0.05) is 19.0 Å². The number of amides is 1. The molecular formula is C19H29N5O2. The number of carbonyl (C=O) groups is 1. The van der Waals surface area contributed by atoms with E-state index in [0.717, 1.165) is 6.42 Å². The molecule has 1 aliphatic rings. The fraction of sp³-hybridized carbons (Fsp3) is 0.684. The van der Waals surface area contributed by atoms with Crippen LogP contribution in [0.2, 0.25) is 0 Å². The smallest absolute Gasteiger partial charge is 0.264 e. The predicted molar refractivity (Wildman–Crippen MR) is 101 cm³/mol. The zero-order valence-electron chi connectivity index (χ0n) is 16.2. The van der Waals surface area contributed by atoms with E-state index in [1.807, 2.05) is 20.8 Å². The van der Waals surface area contributed by atoms with Gasteiger partial charge in [-0.1, -0.05) is 19.8 Å². The lowest BCUT2D eigenvalue weighted by molar-refractivity contribution is -0.122. The number of aromatic nitrogens is 4. The largest absolute Gasteiger partial charge is 0.353 e. The van der Waals surface area contributed by atoms with Crippen LogP contribution < -0.4 is 10.9 Å². The third kappa shape index (κ3) is 3.81. The topological polar surface area (TPSA) is 81.8 Å². The van der Waals surface area contributed by atoms with Crippen molar-refractivity contribution < 1.29 is 4.79 Å². The molecular weight excluding hydrogens is 330 g/mol. The van der Waals surface area contributed by atoms with Gasteiger partial charge in [-0.25, -0.2) is 9.67 Å². The molecule has 2 aromatic rings. The van der Waals surface area contributed by atoms with Gasteiger partial charge in [0.2, 0.25) is 5.91 Å². The van der Waals surface area contributed by atoms with E-state index in [1.165, 1.54) is 30.2 Å². The molecule has 7 heteroatoms. The van der Waals surface area contributed by atoms with Crippen molar-refractivity contribution >= 4 is 16.9 Å². The molecule has 2 aromatic heterocycles. The first kappa shape index (κ1) is 18.6. The van der Waals surface area contributed by atoms with Gasteiger partial charge in [-0.3, -0.25) is 14.2 Å². The minimum absolute atomic E-state index is 0.00105. The summed E-state index contributed by atoms with van der Waals surface area (Å²) in [5.74, 6) is 0.526. The van der Waals surface area contributed by atoms with Crippen molar-refractivity contribution in [2.24, 2.45) is 5.92 Å². The van der Waals surface area contributed by atoms with E-state index in [0.29, 0.717) is 23.5 Å². The van der Waals surface area contributed by atoms with Gasteiger partial charge in [0.15, 0.2) is 5.65 Å². The second kappa shape index (κ2) is 7.21. The van der Waals surface area contributed by atoms with Gasteiger partial charge in [-0.2, -0.15) is 5.10 Å². The van der Waals surface area contributed by atoms with Gasteiger partial charge >= 0.3 is 0 Å². The molecule has 0 aromatic carbocycles. The minimum Gasteiger partial charge on any atom is -0.353 e. The van der Waals surface area contributed by atoms with Crippen LogP contribution in [0, 0.1) is 5.92 Å². The normalized spacial score (nSPS) is 21.1. The van der Waals surface area contributed by atoms with Crippen molar-refractivity contribution in [2.45, 2.75) is 77.9 Å². The summed E-state index contributed by atoms with van der Waals surface area (Å²) in [6.07, 6.45) is 8.00. The molecule has 0 radical (unpaired) electrons. The van der Waals surface area contributed by atoms with E-state index in [4.69, 9.17) is 0 Å². The lowest BCUT2D eigenvalue weighted by Crippen LogP contribution is -2.41. The van der Waals surface area contributed by atoms with Crippen LogP contribution in [0.5, 0.6) is 0 Å². The van der Waals surface area contributed by atoms with E-state index >= 15 is 0 Å². The molecule has 1 N–H and O–H groups in total. The third-order valence-corrected chi connectivity index (χ3v) is 5.23. The summed E-state index contributed by atoms with van der Waals surface area (Å²) in [5, 5.41) is 7.93. The highest BCUT2D eigenvalue weighted by Gasteiger charge is 2.23. The van der Waals surface area contributed by atoms with Crippen molar-refractivity contribution in [1.82, 2.24) is 24.6 Å². The van der Waals surface area contributed by atoms with Gasteiger partial charge in [0.25, 0.3) is 5.56 Å². The number of carbonyl (C=O) groups excluding carboxylic acids is 1. The third-order valence-electron chi connectivity index (χ3n) is 5.23. The molecule has 2 atom stereocenters. The molecule has 2 unspecified atom stereocenters. The van der Waals surface area contributed by atoms with Crippen LogP contribution in [0.4, 0.5) is 0 Å². The van der Waals surface area contributed by atoms with Crippen LogP contribution in [0.3, 0.4) is 0 Å². The molecule has 26 heavy (non-hydrogen) atoms. The number of aryl methyl sites for hydroxylation is 1. The zero-order valence-corrected chi connectivity index (χ0v) is 16.2. The molecule has 0 spiro atoms. The number of nitrogens with one attached hydrogen (secondary N) is 1. The summed E-state index contributed by atoms with van der Waals surface area (Å²) in [5.41, 5.74) is 0.188. The van der Waals surface area contributed by atoms with Gasteiger partial charge in [0.1, 0.15) is 5.39 Å². The van der Waals surface area contributed by atoms with Crippen LogP contribution in [0.25, 0.3) is 11.0 Å². The zero-order chi connectivity index (χ0) is 18.9. The molecule has 142 valence electrons. The second-order valence-corrected chi connectivity index (χ2v) is 8.39. The van der Waals surface area contributed by atoms with Crippen molar-refractivity contribution in [3.8, 4) is 0 Å². The summed E-state index contributed by atoms with van der Waals surface area (Å²) in [6.45, 7) is 8.57. The number of hydrogen-bond acceptors (Lipinski definition) is 4. The molecule has 3 rings (SSSR count). The fourth-order valence-electron chi connectivity index (χ4n) is 3.63. The maximum atomic E-state index is 12.7. The van der Waals surface area contributed by atoms with Crippen LogP contribution in [-0.2, 0) is 16.9 Å². The van der Waals surface area contributed by atoms with Crippen LogP contribution in [-0.4, -0.2) is 31.3 Å². The van der Waals surface area contributed by atoms with Crippen molar-refractivity contribution in [3.63, 3.8) is 0 Å². The lowest BCUT2D eigenvalue weighted by atomic mass is 9.86. The average molecular weight is 359 g/mol. The molecule has 0 saturated heterocycles. The van der Waals surface area contributed by atoms with Crippen molar-refractivity contribution in [1.29, 1.82) is 0 Å². The Morgan fingerprint density at radius 2 is 2.04 bits per heavy atom. The van der Waals surface area contributed by atoms with Gasteiger partial charge in [-0.15, -0.1) is 0 Å². The minimum atomic E-state index is -0.246. The summed E-state index contributed by atoms with van der Waals surface area (Å²) >= 11 is 0. The first-order chi connectivity index (χ1) is 12.3. The van der Waals surface area contributed by atoms with E-state index in [2.05, 4.69) is 22.3 Å². The number of fused-ring (bicyclic) bond motifs is 1. The van der Waals surface area contributed by atoms with Crippen molar-refractivity contribution in [3.05, 3.63) is 22.9 Å². The lowest BCUT2D eigenvalue weighted by Gasteiger charge is -2.29. The summed E-state index contributed by atoms with van der Waals surface area (Å²) in [6, 6.07) is 0.263. The van der Waals surface area contributed by atoms with Crippen LogP contribution >= 0.6 is 0 Å². The maximum absolute atomic E-state index is 12.7. The standard InChI is InChI=1S/C19H29N5O2/c1-13-7-5-6-8-15(13)22-16(25)9-10-23-12-20-17-14(18(23)26)11-21-24(17)19(2,3)4/h11-13,15H,5-10H2,1-4H3,(H,22,25). The van der Waals surface area contributed by atoms with E-state index in [-0.39, 0.29) is 29.5 Å². The SMILES string of the molecule is CC1CCCCC1NC(=O)CCn1cnc2c(cnn2C(C)(C)C)c1=O. The molecule has 0 aliphatic heterocycles. The second-order valence-electron chi connectivity index (χ2n) is 8.39. The molecule has 1 saturated carbocycles. The Morgan fingerprint density at radius 3 is 2.73 bits per heavy atom. The Kier molecular flexibility index (Phi) is 5.16. The highest BCUT2D eigenvalue weighted by Crippen LogP contribution is 2.23. The Balaban J connectivity index is 1.68. The summed E-state index contributed by atoms with van der Waals surface area (Å²) in [4.78, 5) is 29.3. The summed E-state index contributed by atoms with van der Waals surface area (Å²) in [7, 11) is 0. The van der Waals surface area contributed by atoms with Gasteiger partial charge < -0.3 is 5.32 Å². The van der Waals surface area contributed by atoms with E-state index in [1.54, 1.807) is 10.9 Å². The highest BCUT2D eigenvalue weighted by atomic mass is 16.2. The van der Waals surface area contributed by atoms with Crippen LogP contribution in [0.15, 0.2) is 17.3 Å². The molecule has 7 nitrogen and oxygen atoms in total. The Hall–Kier alpha value is -2.18. The average Bonchev–Trinajstić information content (AvgIpc) is 3.01.